The summed E-state index contributed by atoms with van der Waals surface area (Å²) in [6.07, 6.45) is 0.900. The maximum Gasteiger partial charge on any atom is 0.416 e. The summed E-state index contributed by atoms with van der Waals surface area (Å²) in [5.74, 6) is 0.487. The van der Waals surface area contributed by atoms with Crippen molar-refractivity contribution in [3.05, 3.63) is 35.4 Å². The number of halogens is 3. The normalized spacial score (nSPS) is 19.1. The van der Waals surface area contributed by atoms with Crippen LogP contribution in [0.1, 0.15) is 49.3 Å². The zero-order valence-electron chi connectivity index (χ0n) is 10.2. The lowest BCUT2D eigenvalue weighted by molar-refractivity contribution is -0.138. The summed E-state index contributed by atoms with van der Waals surface area (Å²) in [7, 11) is 0. The monoisotopic (exact) mass is 257 g/mol. The summed E-state index contributed by atoms with van der Waals surface area (Å²) >= 11 is 0. The van der Waals surface area contributed by atoms with E-state index in [9.17, 15) is 13.2 Å². The highest BCUT2D eigenvalue weighted by atomic mass is 19.4. The topological polar surface area (TPSA) is 26.0 Å². The number of alkyl halides is 3. The van der Waals surface area contributed by atoms with Gasteiger partial charge in [-0.2, -0.15) is 13.2 Å². The standard InChI is InChI=1S/C14H18F3N/c15-14(16,17)12-8-4-3-7-11(12)13(18)9-10-5-1-2-6-10/h3-4,7-8,10,13H,1-2,5-6,9,18H2. The van der Waals surface area contributed by atoms with E-state index in [0.29, 0.717) is 12.3 Å². The molecule has 18 heavy (non-hydrogen) atoms. The van der Waals surface area contributed by atoms with Crippen LogP contribution < -0.4 is 5.73 Å². The molecule has 0 aromatic heterocycles. The van der Waals surface area contributed by atoms with Gasteiger partial charge in [0.15, 0.2) is 0 Å². The van der Waals surface area contributed by atoms with Gasteiger partial charge >= 0.3 is 6.18 Å². The summed E-state index contributed by atoms with van der Waals surface area (Å²) < 4.78 is 38.6. The van der Waals surface area contributed by atoms with Gasteiger partial charge in [-0.1, -0.05) is 43.9 Å². The highest BCUT2D eigenvalue weighted by molar-refractivity contribution is 5.32. The molecule has 1 aromatic carbocycles. The van der Waals surface area contributed by atoms with Gasteiger partial charge in [0.2, 0.25) is 0 Å². The average Bonchev–Trinajstić information content (AvgIpc) is 2.80. The minimum absolute atomic E-state index is 0.233. The second-order valence-electron chi connectivity index (χ2n) is 5.08. The van der Waals surface area contributed by atoms with Crippen molar-refractivity contribution in [2.45, 2.75) is 44.3 Å². The van der Waals surface area contributed by atoms with Crippen molar-refractivity contribution in [2.24, 2.45) is 11.7 Å². The van der Waals surface area contributed by atoms with Gasteiger partial charge in [0, 0.05) is 6.04 Å². The number of hydrogen-bond donors (Lipinski definition) is 1. The molecule has 1 aliphatic rings. The first-order chi connectivity index (χ1) is 8.48. The lowest BCUT2D eigenvalue weighted by atomic mass is 9.91. The third-order valence-electron chi connectivity index (χ3n) is 3.73. The van der Waals surface area contributed by atoms with E-state index >= 15 is 0 Å². The van der Waals surface area contributed by atoms with Gasteiger partial charge in [-0.3, -0.25) is 0 Å². The minimum atomic E-state index is -4.32. The first kappa shape index (κ1) is 13.4. The molecule has 1 nitrogen and oxygen atoms in total. The molecule has 0 bridgehead atoms. The van der Waals surface area contributed by atoms with E-state index in [-0.39, 0.29) is 5.56 Å². The van der Waals surface area contributed by atoms with Crippen LogP contribution in [0.15, 0.2) is 24.3 Å². The van der Waals surface area contributed by atoms with E-state index in [1.54, 1.807) is 6.07 Å². The van der Waals surface area contributed by atoms with Gasteiger partial charge in [-0.25, -0.2) is 0 Å². The fourth-order valence-electron chi connectivity index (χ4n) is 2.81. The number of hydrogen-bond acceptors (Lipinski definition) is 1. The fraction of sp³-hybridized carbons (Fsp3) is 0.571. The van der Waals surface area contributed by atoms with Crippen LogP contribution in [0.2, 0.25) is 0 Å². The Labute approximate surface area is 105 Å². The van der Waals surface area contributed by atoms with Gasteiger partial charge in [0.05, 0.1) is 5.56 Å². The minimum Gasteiger partial charge on any atom is -0.324 e. The second kappa shape index (κ2) is 5.31. The molecule has 1 saturated carbocycles. The Balaban J connectivity index is 2.16. The Bertz CT molecular complexity index is 394. The Kier molecular flexibility index (Phi) is 3.95. The Morgan fingerprint density at radius 1 is 1.17 bits per heavy atom. The molecule has 4 heteroatoms. The van der Waals surface area contributed by atoms with Crippen molar-refractivity contribution in [1.82, 2.24) is 0 Å². The zero-order chi connectivity index (χ0) is 13.2. The quantitative estimate of drug-likeness (QED) is 0.859. The summed E-state index contributed by atoms with van der Waals surface area (Å²) in [5, 5.41) is 0. The molecule has 1 aromatic rings. The fourth-order valence-corrected chi connectivity index (χ4v) is 2.81. The third kappa shape index (κ3) is 3.05. The summed E-state index contributed by atoms with van der Waals surface area (Å²) in [4.78, 5) is 0. The molecule has 1 fully saturated rings. The number of rotatable bonds is 3. The van der Waals surface area contributed by atoms with E-state index < -0.39 is 17.8 Å². The maximum absolute atomic E-state index is 12.9. The lowest BCUT2D eigenvalue weighted by Crippen LogP contribution is -2.19. The van der Waals surface area contributed by atoms with Gasteiger partial charge in [-0.15, -0.1) is 0 Å². The molecule has 0 heterocycles. The van der Waals surface area contributed by atoms with Crippen LogP contribution in [0.3, 0.4) is 0 Å². The van der Waals surface area contributed by atoms with Crippen molar-refractivity contribution in [3.63, 3.8) is 0 Å². The maximum atomic E-state index is 12.9. The van der Waals surface area contributed by atoms with E-state index in [2.05, 4.69) is 0 Å². The molecular formula is C14H18F3N. The van der Waals surface area contributed by atoms with Crippen molar-refractivity contribution in [3.8, 4) is 0 Å². The number of benzene rings is 1. The molecule has 1 aliphatic carbocycles. The van der Waals surface area contributed by atoms with Crippen LogP contribution in [0.25, 0.3) is 0 Å². The predicted molar refractivity (Wildman–Crippen MR) is 64.9 cm³/mol. The van der Waals surface area contributed by atoms with E-state index in [1.807, 2.05) is 0 Å². The molecule has 0 saturated heterocycles. The van der Waals surface area contributed by atoms with E-state index in [1.165, 1.54) is 25.0 Å². The van der Waals surface area contributed by atoms with E-state index in [0.717, 1.165) is 18.9 Å². The van der Waals surface area contributed by atoms with Crippen LogP contribution in [0.5, 0.6) is 0 Å². The molecule has 2 rings (SSSR count). The first-order valence-corrected chi connectivity index (χ1v) is 6.40. The molecule has 1 atom stereocenters. The molecule has 2 N–H and O–H groups in total. The SMILES string of the molecule is NC(CC1CCCC1)c1ccccc1C(F)(F)F. The van der Waals surface area contributed by atoms with Crippen molar-refractivity contribution in [2.75, 3.05) is 0 Å². The Morgan fingerprint density at radius 2 is 1.78 bits per heavy atom. The lowest BCUT2D eigenvalue weighted by Gasteiger charge is -2.20. The first-order valence-electron chi connectivity index (χ1n) is 6.40. The molecule has 0 spiro atoms. The van der Waals surface area contributed by atoms with E-state index in [4.69, 9.17) is 5.73 Å². The largest absolute Gasteiger partial charge is 0.416 e. The molecule has 1 unspecified atom stereocenters. The summed E-state index contributed by atoms with van der Waals surface area (Å²) in [5.41, 5.74) is 5.62. The third-order valence-corrected chi connectivity index (χ3v) is 3.73. The summed E-state index contributed by atoms with van der Waals surface area (Å²) in [6.45, 7) is 0. The van der Waals surface area contributed by atoms with Gasteiger partial charge < -0.3 is 5.73 Å². The van der Waals surface area contributed by atoms with Gasteiger partial charge in [0.25, 0.3) is 0 Å². The second-order valence-corrected chi connectivity index (χ2v) is 5.08. The van der Waals surface area contributed by atoms with Crippen LogP contribution >= 0.6 is 0 Å². The zero-order valence-corrected chi connectivity index (χ0v) is 10.2. The molecule has 0 radical (unpaired) electrons. The Hall–Kier alpha value is -1.03. The van der Waals surface area contributed by atoms with Crippen molar-refractivity contribution < 1.29 is 13.2 Å². The average molecular weight is 257 g/mol. The van der Waals surface area contributed by atoms with Crippen LogP contribution in [0, 0.1) is 5.92 Å². The van der Waals surface area contributed by atoms with Gasteiger partial charge in [0.1, 0.15) is 0 Å². The highest BCUT2D eigenvalue weighted by Crippen LogP contribution is 2.37. The van der Waals surface area contributed by atoms with Crippen molar-refractivity contribution in [1.29, 1.82) is 0 Å². The van der Waals surface area contributed by atoms with Gasteiger partial charge in [-0.05, 0) is 24.0 Å². The van der Waals surface area contributed by atoms with Crippen molar-refractivity contribution >= 4 is 0 Å². The molecule has 0 amide bonds. The Morgan fingerprint density at radius 3 is 2.39 bits per heavy atom. The predicted octanol–water partition coefficient (Wildman–Crippen LogP) is 4.29. The van der Waals surface area contributed by atoms with Crippen LogP contribution in [-0.2, 0) is 6.18 Å². The summed E-state index contributed by atoms with van der Waals surface area (Å²) in [6, 6.07) is 5.14. The highest BCUT2D eigenvalue weighted by Gasteiger charge is 2.34. The van der Waals surface area contributed by atoms with Crippen LogP contribution in [0.4, 0.5) is 13.2 Å². The molecule has 0 aliphatic heterocycles. The van der Waals surface area contributed by atoms with Crippen LogP contribution in [-0.4, -0.2) is 0 Å². The molecular weight excluding hydrogens is 239 g/mol. The molecule has 100 valence electrons. The smallest absolute Gasteiger partial charge is 0.324 e. The number of nitrogens with two attached hydrogens (primary N) is 1.